The second kappa shape index (κ2) is 8.62. The maximum atomic E-state index is 12.7. The van der Waals surface area contributed by atoms with Gasteiger partial charge in [-0.25, -0.2) is 4.98 Å². The zero-order valence-corrected chi connectivity index (χ0v) is 16.7. The van der Waals surface area contributed by atoms with Crippen molar-refractivity contribution in [2.75, 3.05) is 0 Å². The second-order valence-electron chi connectivity index (χ2n) is 7.99. The Labute approximate surface area is 172 Å². The van der Waals surface area contributed by atoms with Gasteiger partial charge in [-0.15, -0.1) is 0 Å². The third-order valence-corrected chi connectivity index (χ3v) is 5.84. The number of benzene rings is 2. The third-order valence-electron chi connectivity index (χ3n) is 5.84. The molecule has 0 spiro atoms. The fourth-order valence-electron chi connectivity index (χ4n) is 4.10. The number of carbonyl (C=O) groups is 1. The van der Waals surface area contributed by atoms with Crippen LogP contribution in [0.5, 0.6) is 0 Å². The Balaban J connectivity index is 1.46. The van der Waals surface area contributed by atoms with Crippen LogP contribution < -0.4 is 11.1 Å². The van der Waals surface area contributed by atoms with Gasteiger partial charge in [-0.2, -0.15) is 0 Å². The number of imidazole rings is 1. The molecule has 0 radical (unpaired) electrons. The molecule has 0 saturated heterocycles. The van der Waals surface area contributed by atoms with E-state index < -0.39 is 5.54 Å². The van der Waals surface area contributed by atoms with E-state index in [2.05, 4.69) is 46.7 Å². The van der Waals surface area contributed by atoms with E-state index in [0.717, 1.165) is 48.9 Å². The van der Waals surface area contributed by atoms with Crippen molar-refractivity contribution in [3.8, 4) is 11.1 Å². The van der Waals surface area contributed by atoms with Gasteiger partial charge in [-0.05, 0) is 35.1 Å². The fourth-order valence-corrected chi connectivity index (χ4v) is 4.10. The molecule has 1 aromatic heterocycles. The van der Waals surface area contributed by atoms with Crippen molar-refractivity contribution in [1.29, 1.82) is 0 Å². The van der Waals surface area contributed by atoms with Gasteiger partial charge in [-0.1, -0.05) is 67.8 Å². The van der Waals surface area contributed by atoms with Crippen LogP contribution in [0.2, 0.25) is 0 Å². The monoisotopic (exact) mass is 388 g/mol. The molecule has 0 aliphatic heterocycles. The Morgan fingerprint density at radius 3 is 2.55 bits per heavy atom. The first-order valence-electron chi connectivity index (χ1n) is 10.3. The number of carbonyl (C=O) groups excluding carboxylic acids is 1. The number of hydrogen-bond acceptors (Lipinski definition) is 3. The Bertz CT molecular complexity index is 941. The van der Waals surface area contributed by atoms with E-state index in [-0.39, 0.29) is 5.91 Å². The molecule has 1 aliphatic rings. The number of amides is 1. The summed E-state index contributed by atoms with van der Waals surface area (Å²) in [6.45, 7) is 1.29. The van der Waals surface area contributed by atoms with Crippen molar-refractivity contribution in [3.05, 3.63) is 78.4 Å². The molecule has 1 aliphatic carbocycles. The number of hydrogen-bond donors (Lipinski definition) is 2. The van der Waals surface area contributed by atoms with Gasteiger partial charge in [0.15, 0.2) is 0 Å². The smallest absolute Gasteiger partial charge is 0.240 e. The van der Waals surface area contributed by atoms with Crippen LogP contribution in [-0.2, 0) is 17.9 Å². The molecule has 0 atom stereocenters. The fraction of sp³-hybridized carbons (Fsp3) is 0.333. The molecule has 1 saturated carbocycles. The lowest BCUT2D eigenvalue weighted by atomic mass is 9.82. The predicted molar refractivity (Wildman–Crippen MR) is 115 cm³/mol. The molecule has 150 valence electrons. The van der Waals surface area contributed by atoms with Crippen LogP contribution in [0, 0.1) is 0 Å². The molecule has 1 fully saturated rings. The van der Waals surface area contributed by atoms with Crippen LogP contribution in [0.3, 0.4) is 0 Å². The number of nitrogens with one attached hydrogen (secondary N) is 1. The molecule has 5 heteroatoms. The molecule has 3 N–H and O–H groups in total. The normalized spacial score (nSPS) is 15.8. The topological polar surface area (TPSA) is 72.9 Å². The van der Waals surface area contributed by atoms with E-state index in [4.69, 9.17) is 5.73 Å². The predicted octanol–water partition coefficient (Wildman–Crippen LogP) is 3.88. The molecule has 1 heterocycles. The summed E-state index contributed by atoms with van der Waals surface area (Å²) in [5, 5.41) is 3.09. The van der Waals surface area contributed by atoms with Gasteiger partial charge in [0.25, 0.3) is 0 Å². The van der Waals surface area contributed by atoms with Gasteiger partial charge < -0.3 is 15.6 Å². The van der Waals surface area contributed by atoms with E-state index in [9.17, 15) is 4.79 Å². The van der Waals surface area contributed by atoms with E-state index in [1.165, 1.54) is 12.0 Å². The molecule has 5 nitrogen and oxygen atoms in total. The van der Waals surface area contributed by atoms with Crippen LogP contribution in [0.15, 0.2) is 67.3 Å². The number of nitrogens with two attached hydrogens (primary N) is 1. The lowest BCUT2D eigenvalue weighted by Gasteiger charge is -2.31. The molecule has 0 bridgehead atoms. The zero-order chi connectivity index (χ0) is 20.1. The zero-order valence-electron chi connectivity index (χ0n) is 16.7. The Kier molecular flexibility index (Phi) is 5.76. The lowest BCUT2D eigenvalue weighted by Crippen LogP contribution is -2.54. The summed E-state index contributed by atoms with van der Waals surface area (Å²) in [6.07, 6.45) is 10.4. The van der Waals surface area contributed by atoms with Gasteiger partial charge in [-0.3, -0.25) is 4.79 Å². The van der Waals surface area contributed by atoms with E-state index in [1.807, 2.05) is 29.2 Å². The van der Waals surface area contributed by atoms with E-state index in [0.29, 0.717) is 6.54 Å². The number of aromatic nitrogens is 2. The molecule has 1 amide bonds. The molecule has 4 rings (SSSR count). The van der Waals surface area contributed by atoms with Crippen LogP contribution in [0.1, 0.15) is 43.2 Å². The molecule has 29 heavy (non-hydrogen) atoms. The largest absolute Gasteiger partial charge is 0.350 e. The van der Waals surface area contributed by atoms with Crippen molar-refractivity contribution in [2.45, 2.75) is 50.7 Å². The Hall–Kier alpha value is -2.92. The van der Waals surface area contributed by atoms with Crippen molar-refractivity contribution in [2.24, 2.45) is 5.73 Å². The highest BCUT2D eigenvalue weighted by Gasteiger charge is 2.34. The average Bonchev–Trinajstić information content (AvgIpc) is 3.26. The lowest BCUT2D eigenvalue weighted by molar-refractivity contribution is -0.127. The van der Waals surface area contributed by atoms with Crippen molar-refractivity contribution in [1.82, 2.24) is 14.9 Å². The van der Waals surface area contributed by atoms with Gasteiger partial charge in [0, 0.05) is 25.5 Å². The summed E-state index contributed by atoms with van der Waals surface area (Å²) < 4.78 is 2.05. The Morgan fingerprint density at radius 2 is 1.83 bits per heavy atom. The minimum absolute atomic E-state index is 0.0253. The van der Waals surface area contributed by atoms with Gasteiger partial charge >= 0.3 is 0 Å². The second-order valence-corrected chi connectivity index (χ2v) is 7.99. The van der Waals surface area contributed by atoms with Crippen LogP contribution >= 0.6 is 0 Å². The van der Waals surface area contributed by atoms with Crippen LogP contribution in [0.4, 0.5) is 0 Å². The standard InChI is InChI=1S/C24H28N4O/c25-24(12-4-1-5-13-24)23(29)27-16-21-6-2-3-7-22(21)20-10-8-19(9-11-20)17-28-15-14-26-18-28/h2-3,6-11,14-15,18H,1,4-5,12-13,16-17,25H2,(H,27,29). The molecule has 3 aromatic rings. The minimum atomic E-state index is -0.706. The minimum Gasteiger partial charge on any atom is -0.350 e. The summed E-state index contributed by atoms with van der Waals surface area (Å²) >= 11 is 0. The summed E-state index contributed by atoms with van der Waals surface area (Å²) in [7, 11) is 0. The quantitative estimate of drug-likeness (QED) is 0.673. The highest BCUT2D eigenvalue weighted by atomic mass is 16.2. The first-order chi connectivity index (χ1) is 14.1. The number of nitrogens with zero attached hydrogens (tertiary/aromatic N) is 2. The molecular formula is C24H28N4O. The van der Waals surface area contributed by atoms with Gasteiger partial charge in [0.2, 0.25) is 5.91 Å². The highest BCUT2D eigenvalue weighted by molar-refractivity contribution is 5.86. The first-order valence-corrected chi connectivity index (χ1v) is 10.3. The molecule has 2 aromatic carbocycles. The van der Waals surface area contributed by atoms with Crippen LogP contribution in [0.25, 0.3) is 11.1 Å². The highest BCUT2D eigenvalue weighted by Crippen LogP contribution is 2.27. The third kappa shape index (κ3) is 4.57. The average molecular weight is 389 g/mol. The van der Waals surface area contributed by atoms with E-state index in [1.54, 1.807) is 6.20 Å². The number of rotatable bonds is 6. The Morgan fingerprint density at radius 1 is 1.07 bits per heavy atom. The first kappa shape index (κ1) is 19.4. The van der Waals surface area contributed by atoms with Gasteiger partial charge in [0.1, 0.15) is 0 Å². The summed E-state index contributed by atoms with van der Waals surface area (Å²) in [5.41, 5.74) is 10.3. The van der Waals surface area contributed by atoms with Crippen molar-refractivity contribution < 1.29 is 4.79 Å². The van der Waals surface area contributed by atoms with E-state index >= 15 is 0 Å². The summed E-state index contributed by atoms with van der Waals surface area (Å²) in [6, 6.07) is 16.8. The maximum absolute atomic E-state index is 12.7. The summed E-state index contributed by atoms with van der Waals surface area (Å²) in [5.74, 6) is -0.0253. The summed E-state index contributed by atoms with van der Waals surface area (Å²) in [4.78, 5) is 16.8. The molecular weight excluding hydrogens is 360 g/mol. The van der Waals surface area contributed by atoms with Crippen molar-refractivity contribution in [3.63, 3.8) is 0 Å². The molecule has 0 unspecified atom stereocenters. The maximum Gasteiger partial charge on any atom is 0.240 e. The van der Waals surface area contributed by atoms with Crippen LogP contribution in [-0.4, -0.2) is 21.0 Å². The van der Waals surface area contributed by atoms with Gasteiger partial charge in [0.05, 0.1) is 11.9 Å². The van der Waals surface area contributed by atoms with Crippen molar-refractivity contribution >= 4 is 5.91 Å². The SMILES string of the molecule is NC1(C(=O)NCc2ccccc2-c2ccc(Cn3ccnc3)cc2)CCCCC1.